The minimum absolute atomic E-state index is 0.0685. The van der Waals surface area contributed by atoms with E-state index in [9.17, 15) is 9.59 Å². The smallest absolute Gasteiger partial charge is 0.323 e. The average molecular weight is 443 g/mol. The highest BCUT2D eigenvalue weighted by Crippen LogP contribution is 2.31. The van der Waals surface area contributed by atoms with Gasteiger partial charge in [-0.2, -0.15) is 0 Å². The first-order chi connectivity index (χ1) is 16.0. The third kappa shape index (κ3) is 5.52. The lowest BCUT2D eigenvalue weighted by Crippen LogP contribution is -2.39. The normalized spacial score (nSPS) is 12.5. The van der Waals surface area contributed by atoms with E-state index in [4.69, 9.17) is 0 Å². The van der Waals surface area contributed by atoms with Crippen LogP contribution in [0.2, 0.25) is 0 Å². The van der Waals surface area contributed by atoms with Crippen molar-refractivity contribution in [1.29, 1.82) is 0 Å². The molecule has 33 heavy (non-hydrogen) atoms. The topological polar surface area (TPSA) is 73.5 Å². The van der Waals surface area contributed by atoms with Gasteiger partial charge in [-0.1, -0.05) is 49.7 Å². The Balaban J connectivity index is 1.37. The molecule has 0 aliphatic carbocycles. The zero-order chi connectivity index (χ0) is 23.2. The number of carbonyl (C=O) groups is 2. The zero-order valence-corrected chi connectivity index (χ0v) is 19.2. The Morgan fingerprint density at radius 3 is 2.48 bits per heavy atom. The summed E-state index contributed by atoms with van der Waals surface area (Å²) in [5, 5.41) is 9.11. The van der Waals surface area contributed by atoms with Crippen LogP contribution in [0.3, 0.4) is 0 Å². The standard InChI is InChI=1S/C27H30N4O2/c1-3-6-20-11-14-25-24(17-20)28-15-16-31(25)26(32)18-21-9-12-22(13-10-21)29-27(33)30-23-8-5-4-7-19(23)2/h4-5,7-14,17,28H,3,6,15-16,18H2,1-2H3,(H2,29,30,33). The number of anilines is 4. The Hall–Kier alpha value is -3.80. The van der Waals surface area contributed by atoms with Crippen molar-refractivity contribution in [2.24, 2.45) is 0 Å². The van der Waals surface area contributed by atoms with Crippen LogP contribution in [0.25, 0.3) is 0 Å². The number of hydrogen-bond acceptors (Lipinski definition) is 3. The Morgan fingerprint density at radius 2 is 1.73 bits per heavy atom. The highest BCUT2D eigenvalue weighted by molar-refractivity contribution is 6.00. The van der Waals surface area contributed by atoms with E-state index in [1.54, 1.807) is 0 Å². The molecule has 1 heterocycles. The van der Waals surface area contributed by atoms with Gasteiger partial charge in [-0.15, -0.1) is 0 Å². The van der Waals surface area contributed by atoms with E-state index in [1.165, 1.54) is 5.56 Å². The first-order valence-electron chi connectivity index (χ1n) is 11.4. The largest absolute Gasteiger partial charge is 0.382 e. The summed E-state index contributed by atoms with van der Waals surface area (Å²) in [5.74, 6) is 0.0685. The SMILES string of the molecule is CCCc1ccc2c(c1)NCCN2C(=O)Cc1ccc(NC(=O)Nc2ccccc2C)cc1. The van der Waals surface area contributed by atoms with Crippen LogP contribution < -0.4 is 20.9 Å². The zero-order valence-electron chi connectivity index (χ0n) is 19.2. The summed E-state index contributed by atoms with van der Waals surface area (Å²) < 4.78 is 0. The van der Waals surface area contributed by atoms with Gasteiger partial charge in [-0.05, 0) is 60.4 Å². The molecule has 170 valence electrons. The molecule has 0 saturated carbocycles. The quantitative estimate of drug-likeness (QED) is 0.466. The number of benzene rings is 3. The van der Waals surface area contributed by atoms with Gasteiger partial charge in [-0.25, -0.2) is 4.79 Å². The molecule has 0 saturated heterocycles. The number of amides is 3. The van der Waals surface area contributed by atoms with E-state index in [1.807, 2.05) is 66.4 Å². The predicted molar refractivity (Wildman–Crippen MR) is 135 cm³/mol. The summed E-state index contributed by atoms with van der Waals surface area (Å²) in [4.78, 5) is 27.2. The maximum absolute atomic E-state index is 13.1. The van der Waals surface area contributed by atoms with Crippen LogP contribution in [0.1, 0.15) is 30.0 Å². The number of rotatable bonds is 6. The fourth-order valence-corrected chi connectivity index (χ4v) is 4.06. The van der Waals surface area contributed by atoms with Crippen molar-refractivity contribution >= 4 is 34.7 Å². The molecule has 3 N–H and O–H groups in total. The summed E-state index contributed by atoms with van der Waals surface area (Å²) in [5.41, 5.74) is 6.61. The van der Waals surface area contributed by atoms with Crippen LogP contribution in [-0.2, 0) is 17.6 Å². The first-order valence-corrected chi connectivity index (χ1v) is 11.4. The van der Waals surface area contributed by atoms with E-state index in [0.29, 0.717) is 18.7 Å². The molecule has 0 atom stereocenters. The van der Waals surface area contributed by atoms with E-state index in [0.717, 1.165) is 47.6 Å². The molecule has 3 aromatic rings. The van der Waals surface area contributed by atoms with Crippen LogP contribution in [0, 0.1) is 6.92 Å². The van der Waals surface area contributed by atoms with E-state index in [-0.39, 0.29) is 11.9 Å². The van der Waals surface area contributed by atoms with Crippen molar-refractivity contribution in [3.8, 4) is 0 Å². The molecule has 3 amide bonds. The fraction of sp³-hybridized carbons (Fsp3) is 0.259. The molecular weight excluding hydrogens is 412 g/mol. The van der Waals surface area contributed by atoms with Gasteiger partial charge in [0.25, 0.3) is 0 Å². The molecule has 0 radical (unpaired) electrons. The second kappa shape index (κ2) is 10.2. The maximum atomic E-state index is 13.1. The van der Waals surface area contributed by atoms with Gasteiger partial charge in [-0.3, -0.25) is 4.79 Å². The summed E-state index contributed by atoms with van der Waals surface area (Å²) in [7, 11) is 0. The van der Waals surface area contributed by atoms with Crippen LogP contribution in [0.5, 0.6) is 0 Å². The van der Waals surface area contributed by atoms with Crippen molar-refractivity contribution in [2.75, 3.05) is 33.9 Å². The van der Waals surface area contributed by atoms with E-state index < -0.39 is 0 Å². The van der Waals surface area contributed by atoms with Gasteiger partial charge < -0.3 is 20.9 Å². The first kappa shape index (κ1) is 22.4. The molecule has 0 fully saturated rings. The van der Waals surface area contributed by atoms with Crippen LogP contribution in [0.4, 0.5) is 27.5 Å². The van der Waals surface area contributed by atoms with Gasteiger partial charge in [0.15, 0.2) is 0 Å². The molecular formula is C27H30N4O2. The van der Waals surface area contributed by atoms with E-state index >= 15 is 0 Å². The van der Waals surface area contributed by atoms with Crippen LogP contribution in [0.15, 0.2) is 66.7 Å². The van der Waals surface area contributed by atoms with E-state index in [2.05, 4.69) is 35.0 Å². The summed E-state index contributed by atoms with van der Waals surface area (Å²) in [6.45, 7) is 5.51. The minimum atomic E-state index is -0.298. The molecule has 6 nitrogen and oxygen atoms in total. The third-order valence-corrected chi connectivity index (χ3v) is 5.80. The molecule has 1 aliphatic heterocycles. The fourth-order valence-electron chi connectivity index (χ4n) is 4.06. The lowest BCUT2D eigenvalue weighted by molar-refractivity contribution is -0.118. The lowest BCUT2D eigenvalue weighted by atomic mass is 10.1. The molecule has 3 aromatic carbocycles. The molecule has 1 aliphatic rings. The monoisotopic (exact) mass is 442 g/mol. The number of para-hydroxylation sites is 1. The molecule has 0 aromatic heterocycles. The minimum Gasteiger partial charge on any atom is -0.382 e. The van der Waals surface area contributed by atoms with Crippen LogP contribution >= 0.6 is 0 Å². The molecule has 0 bridgehead atoms. The Morgan fingerprint density at radius 1 is 0.970 bits per heavy atom. The maximum Gasteiger partial charge on any atom is 0.323 e. The van der Waals surface area contributed by atoms with Crippen molar-refractivity contribution in [1.82, 2.24) is 0 Å². The van der Waals surface area contributed by atoms with Gasteiger partial charge in [0.1, 0.15) is 0 Å². The predicted octanol–water partition coefficient (Wildman–Crippen LogP) is 5.59. The average Bonchev–Trinajstić information content (AvgIpc) is 2.81. The molecule has 6 heteroatoms. The van der Waals surface area contributed by atoms with Crippen molar-refractivity contribution in [3.05, 3.63) is 83.4 Å². The van der Waals surface area contributed by atoms with Gasteiger partial charge in [0, 0.05) is 24.5 Å². The van der Waals surface area contributed by atoms with Gasteiger partial charge in [0.05, 0.1) is 17.8 Å². The second-order valence-electron chi connectivity index (χ2n) is 8.34. The van der Waals surface area contributed by atoms with Crippen molar-refractivity contribution in [2.45, 2.75) is 33.1 Å². The Labute approximate surface area is 195 Å². The van der Waals surface area contributed by atoms with Crippen molar-refractivity contribution < 1.29 is 9.59 Å². The summed E-state index contributed by atoms with van der Waals surface area (Å²) in [6, 6.07) is 21.0. The Kier molecular flexibility index (Phi) is 6.93. The van der Waals surface area contributed by atoms with Gasteiger partial charge >= 0.3 is 6.03 Å². The third-order valence-electron chi connectivity index (χ3n) is 5.80. The number of nitrogens with one attached hydrogen (secondary N) is 3. The molecule has 4 rings (SSSR count). The summed E-state index contributed by atoms with van der Waals surface area (Å²) in [6.07, 6.45) is 2.44. The van der Waals surface area contributed by atoms with Crippen molar-refractivity contribution in [3.63, 3.8) is 0 Å². The van der Waals surface area contributed by atoms with Crippen LogP contribution in [-0.4, -0.2) is 25.0 Å². The number of urea groups is 1. The van der Waals surface area contributed by atoms with Gasteiger partial charge in [0.2, 0.25) is 5.91 Å². The number of nitrogens with zero attached hydrogens (tertiary/aromatic N) is 1. The molecule has 0 unspecified atom stereocenters. The lowest BCUT2D eigenvalue weighted by Gasteiger charge is -2.31. The molecule has 0 spiro atoms. The second-order valence-corrected chi connectivity index (χ2v) is 8.34. The number of fused-ring (bicyclic) bond motifs is 1. The number of carbonyl (C=O) groups excluding carboxylic acids is 2. The number of aryl methyl sites for hydroxylation is 2. The number of hydrogen-bond donors (Lipinski definition) is 3. The highest BCUT2D eigenvalue weighted by Gasteiger charge is 2.22. The highest BCUT2D eigenvalue weighted by atomic mass is 16.2. The Bertz CT molecular complexity index is 1140. The summed E-state index contributed by atoms with van der Waals surface area (Å²) >= 11 is 0.